The summed E-state index contributed by atoms with van der Waals surface area (Å²) in [7, 11) is 2.79. The molecule has 39 heavy (non-hydrogen) atoms. The lowest BCUT2D eigenvalue weighted by molar-refractivity contribution is -0.166. The molecule has 0 bridgehead atoms. The molecule has 1 N–H and O–H groups in total. The van der Waals surface area contributed by atoms with Gasteiger partial charge in [-0.1, -0.05) is 47.7 Å². The molecule has 11 heteroatoms. The maximum Gasteiger partial charge on any atom is 0.333 e. The standard InChI is InChI=1S/C28H29N3O5S3/c1-16(2)24(27(34)36-17(3)18-13-14-18)31-25(33)23(30-22(32)15-35-19-9-5-4-6-10-19)26(31)38-39-28-29-20-11-7-8-12-21(20)37-28/h4-12,17-18,23-24,26H,1,13-15H2,2-3H3,(H,30,32). The number of carbonyl (C=O) groups is 3. The first kappa shape index (κ1) is 27.5. The first-order chi connectivity index (χ1) is 18.8. The fourth-order valence-electron chi connectivity index (χ4n) is 4.32. The van der Waals surface area contributed by atoms with Gasteiger partial charge in [0.05, 0.1) is 10.2 Å². The quantitative estimate of drug-likeness (QED) is 0.137. The molecule has 4 atom stereocenters. The number of hydrogen-bond acceptors (Lipinski definition) is 9. The van der Waals surface area contributed by atoms with Gasteiger partial charge in [0.1, 0.15) is 23.3 Å². The number of esters is 1. The van der Waals surface area contributed by atoms with Crippen LogP contribution in [0.3, 0.4) is 0 Å². The van der Waals surface area contributed by atoms with Crippen LogP contribution in [0.4, 0.5) is 0 Å². The number of fused-ring (bicyclic) bond motifs is 1. The Morgan fingerprint density at radius 2 is 1.90 bits per heavy atom. The van der Waals surface area contributed by atoms with Crippen LogP contribution >= 0.6 is 32.9 Å². The summed E-state index contributed by atoms with van der Waals surface area (Å²) in [6.07, 6.45) is 1.85. The Morgan fingerprint density at radius 3 is 2.59 bits per heavy atom. The molecular weight excluding hydrogens is 555 g/mol. The Labute approximate surface area is 238 Å². The molecule has 1 saturated carbocycles. The summed E-state index contributed by atoms with van der Waals surface area (Å²) in [6.45, 7) is 7.34. The summed E-state index contributed by atoms with van der Waals surface area (Å²) < 4.78 is 13.2. The van der Waals surface area contributed by atoms with Crippen molar-refractivity contribution < 1.29 is 23.9 Å². The number of β-lactam (4-membered cyclic amide) rings is 1. The lowest BCUT2D eigenvalue weighted by atomic mass is 9.99. The molecule has 1 aliphatic heterocycles. The number of amides is 2. The molecule has 0 spiro atoms. The Kier molecular flexibility index (Phi) is 8.49. The van der Waals surface area contributed by atoms with E-state index < -0.39 is 29.3 Å². The second-order valence-electron chi connectivity index (χ2n) is 9.64. The van der Waals surface area contributed by atoms with Gasteiger partial charge in [-0.05, 0) is 73.2 Å². The molecule has 5 rings (SSSR count). The predicted molar refractivity (Wildman–Crippen MR) is 154 cm³/mol. The molecule has 3 aromatic rings. The van der Waals surface area contributed by atoms with Crippen molar-refractivity contribution in [2.24, 2.45) is 5.92 Å². The van der Waals surface area contributed by atoms with E-state index in [4.69, 9.17) is 9.47 Å². The highest BCUT2D eigenvalue weighted by Crippen LogP contribution is 2.45. The summed E-state index contributed by atoms with van der Waals surface area (Å²) in [6, 6.07) is 15.1. The lowest BCUT2D eigenvalue weighted by Gasteiger charge is -2.49. The highest BCUT2D eigenvalue weighted by Gasteiger charge is 2.54. The highest BCUT2D eigenvalue weighted by molar-refractivity contribution is 8.77. The zero-order valence-electron chi connectivity index (χ0n) is 21.6. The number of ether oxygens (including phenoxy) is 2. The Bertz CT molecular complexity index is 1340. The van der Waals surface area contributed by atoms with E-state index in [0.717, 1.165) is 27.4 Å². The molecule has 2 heterocycles. The van der Waals surface area contributed by atoms with Crippen molar-refractivity contribution in [2.75, 3.05) is 6.61 Å². The van der Waals surface area contributed by atoms with Crippen LogP contribution < -0.4 is 10.1 Å². The molecule has 1 aromatic heterocycles. The molecular formula is C28H29N3O5S3. The first-order valence-corrected chi connectivity index (χ1v) is 15.7. The largest absolute Gasteiger partial charge is 0.484 e. The van der Waals surface area contributed by atoms with Crippen LogP contribution in [-0.2, 0) is 19.1 Å². The van der Waals surface area contributed by atoms with Gasteiger partial charge in [-0.2, -0.15) is 0 Å². The maximum atomic E-state index is 13.4. The minimum Gasteiger partial charge on any atom is -0.484 e. The molecule has 1 saturated heterocycles. The van der Waals surface area contributed by atoms with Crippen LogP contribution in [-0.4, -0.2) is 57.8 Å². The van der Waals surface area contributed by atoms with Crippen LogP contribution in [0.5, 0.6) is 5.75 Å². The number of aromatic nitrogens is 1. The van der Waals surface area contributed by atoms with Gasteiger partial charge in [0, 0.05) is 0 Å². The van der Waals surface area contributed by atoms with Gasteiger partial charge in [-0.15, -0.1) is 11.3 Å². The van der Waals surface area contributed by atoms with E-state index in [1.54, 1.807) is 30.4 Å². The second kappa shape index (κ2) is 12.0. The Balaban J connectivity index is 1.31. The Hall–Kier alpha value is -3.02. The fraction of sp³-hybridized carbons (Fsp3) is 0.357. The smallest absolute Gasteiger partial charge is 0.333 e. The van der Waals surface area contributed by atoms with E-state index in [9.17, 15) is 14.4 Å². The van der Waals surface area contributed by atoms with E-state index in [-0.39, 0.29) is 18.6 Å². The molecule has 4 unspecified atom stereocenters. The van der Waals surface area contributed by atoms with Gasteiger partial charge >= 0.3 is 5.97 Å². The maximum absolute atomic E-state index is 13.4. The fourth-order valence-corrected chi connectivity index (χ4v) is 8.27. The number of rotatable bonds is 12. The third-order valence-corrected chi connectivity index (χ3v) is 10.6. The summed E-state index contributed by atoms with van der Waals surface area (Å²) in [5.74, 6) is -0.369. The molecule has 8 nitrogen and oxygen atoms in total. The van der Waals surface area contributed by atoms with E-state index in [2.05, 4.69) is 16.9 Å². The third kappa shape index (κ3) is 6.42. The van der Waals surface area contributed by atoms with Crippen LogP contribution in [0, 0.1) is 5.92 Å². The lowest BCUT2D eigenvalue weighted by Crippen LogP contribution is -2.73. The minimum atomic E-state index is -0.944. The van der Waals surface area contributed by atoms with Crippen molar-refractivity contribution in [2.45, 2.75) is 54.6 Å². The van der Waals surface area contributed by atoms with Gasteiger partial charge in [-0.3, -0.25) is 9.59 Å². The van der Waals surface area contributed by atoms with Crippen LogP contribution in [0.15, 0.2) is 71.1 Å². The molecule has 2 aromatic carbocycles. The van der Waals surface area contributed by atoms with Crippen molar-refractivity contribution in [3.63, 3.8) is 0 Å². The van der Waals surface area contributed by atoms with Gasteiger partial charge < -0.3 is 19.7 Å². The normalized spacial score (nSPS) is 20.2. The molecule has 204 valence electrons. The van der Waals surface area contributed by atoms with E-state index in [0.29, 0.717) is 17.2 Å². The number of nitrogens with zero attached hydrogens (tertiary/aromatic N) is 2. The molecule has 2 fully saturated rings. The summed E-state index contributed by atoms with van der Waals surface area (Å²) >= 11 is 1.55. The monoisotopic (exact) mass is 583 g/mol. The number of para-hydroxylation sites is 2. The van der Waals surface area contributed by atoms with Crippen molar-refractivity contribution >= 4 is 60.9 Å². The molecule has 2 aliphatic rings. The van der Waals surface area contributed by atoms with E-state index in [1.807, 2.05) is 49.4 Å². The second-order valence-corrected chi connectivity index (χ2v) is 13.2. The van der Waals surface area contributed by atoms with Crippen molar-refractivity contribution in [3.05, 3.63) is 66.7 Å². The molecule has 1 aliphatic carbocycles. The first-order valence-electron chi connectivity index (χ1n) is 12.7. The van der Waals surface area contributed by atoms with Crippen molar-refractivity contribution in [1.29, 1.82) is 0 Å². The van der Waals surface area contributed by atoms with Crippen LogP contribution in [0.25, 0.3) is 10.2 Å². The summed E-state index contributed by atoms with van der Waals surface area (Å²) in [4.78, 5) is 45.5. The van der Waals surface area contributed by atoms with Gasteiger partial charge in [0.2, 0.25) is 5.91 Å². The van der Waals surface area contributed by atoms with Gasteiger partial charge in [0.15, 0.2) is 17.0 Å². The topological polar surface area (TPSA) is 97.8 Å². The van der Waals surface area contributed by atoms with Gasteiger partial charge in [-0.25, -0.2) is 9.78 Å². The number of benzene rings is 2. The number of carbonyl (C=O) groups excluding carboxylic acids is 3. The van der Waals surface area contributed by atoms with Crippen molar-refractivity contribution in [1.82, 2.24) is 15.2 Å². The average Bonchev–Trinajstić information content (AvgIpc) is 3.70. The predicted octanol–water partition coefficient (Wildman–Crippen LogP) is 5.06. The van der Waals surface area contributed by atoms with Crippen LogP contribution in [0.2, 0.25) is 0 Å². The van der Waals surface area contributed by atoms with E-state index in [1.165, 1.54) is 26.5 Å². The average molecular weight is 584 g/mol. The third-order valence-electron chi connectivity index (χ3n) is 6.56. The SMILES string of the molecule is C=C(C)C(C(=O)OC(C)C1CC1)N1C(=O)C(NC(=O)COc2ccccc2)C1SSc1nc2ccccc2s1. The summed E-state index contributed by atoms with van der Waals surface area (Å²) in [5, 5.41) is 2.25. The zero-order chi connectivity index (χ0) is 27.5. The number of nitrogens with one attached hydrogen (secondary N) is 1. The number of hydrogen-bond donors (Lipinski definition) is 1. The van der Waals surface area contributed by atoms with Gasteiger partial charge in [0.25, 0.3) is 5.91 Å². The molecule has 2 amide bonds. The Morgan fingerprint density at radius 1 is 1.18 bits per heavy atom. The molecule has 0 radical (unpaired) electrons. The zero-order valence-corrected chi connectivity index (χ0v) is 24.0. The minimum absolute atomic E-state index is 0.218. The summed E-state index contributed by atoms with van der Waals surface area (Å²) in [5.41, 5.74) is 1.40. The van der Waals surface area contributed by atoms with Crippen molar-refractivity contribution in [3.8, 4) is 5.75 Å². The number of thiazole rings is 1. The highest BCUT2D eigenvalue weighted by atomic mass is 33.1. The van der Waals surface area contributed by atoms with Crippen LogP contribution in [0.1, 0.15) is 26.7 Å². The number of likely N-dealkylation sites (tertiary alicyclic amines) is 1. The van der Waals surface area contributed by atoms with E-state index >= 15 is 0 Å².